The van der Waals surface area contributed by atoms with Crippen molar-refractivity contribution in [2.24, 2.45) is 0 Å². The molecule has 0 saturated heterocycles. The van der Waals surface area contributed by atoms with Crippen molar-refractivity contribution in [3.63, 3.8) is 0 Å². The van der Waals surface area contributed by atoms with Crippen LogP contribution in [0.25, 0.3) is 11.6 Å². The molecule has 0 N–H and O–H groups in total. The van der Waals surface area contributed by atoms with Gasteiger partial charge in [0.15, 0.2) is 0 Å². The third-order valence-corrected chi connectivity index (χ3v) is 2.97. The molecule has 0 amide bonds. The summed E-state index contributed by atoms with van der Waals surface area (Å²) < 4.78 is 8.50. The number of aromatic nitrogens is 6. The third-order valence-electron chi connectivity index (χ3n) is 2.97. The fourth-order valence-electron chi connectivity index (χ4n) is 2.04. The Morgan fingerprint density at radius 1 is 1.05 bits per heavy atom. The Hall–Kier alpha value is -2.70. The molecule has 0 atom stereocenters. The van der Waals surface area contributed by atoms with E-state index in [9.17, 15) is 0 Å². The predicted molar refractivity (Wildman–Crippen MR) is 72.3 cm³/mol. The summed E-state index contributed by atoms with van der Waals surface area (Å²) in [6.45, 7) is 3.90. The molecule has 7 nitrogen and oxygen atoms in total. The minimum Gasteiger partial charge on any atom is -0.497 e. The second-order valence-corrected chi connectivity index (χ2v) is 4.43. The summed E-state index contributed by atoms with van der Waals surface area (Å²) in [6, 6.07) is 9.49. The van der Waals surface area contributed by atoms with Crippen LogP contribution in [0.4, 0.5) is 0 Å². The average molecular weight is 270 g/mol. The Labute approximate surface area is 115 Å². The highest BCUT2D eigenvalue weighted by molar-refractivity contribution is 5.39. The number of methoxy groups -OCH3 is 1. The summed E-state index contributed by atoms with van der Waals surface area (Å²) in [5.41, 5.74) is 2.75. The maximum absolute atomic E-state index is 5.15. The highest BCUT2D eigenvalue weighted by Crippen LogP contribution is 2.17. The van der Waals surface area contributed by atoms with E-state index in [0.29, 0.717) is 5.95 Å². The van der Waals surface area contributed by atoms with E-state index in [1.807, 2.05) is 44.2 Å². The Morgan fingerprint density at radius 2 is 1.80 bits per heavy atom. The maximum atomic E-state index is 5.15. The van der Waals surface area contributed by atoms with Crippen molar-refractivity contribution in [3.05, 3.63) is 41.7 Å². The first-order valence-electron chi connectivity index (χ1n) is 6.15. The van der Waals surface area contributed by atoms with Crippen LogP contribution in [-0.4, -0.2) is 37.1 Å². The van der Waals surface area contributed by atoms with Crippen molar-refractivity contribution in [1.82, 2.24) is 30.0 Å². The van der Waals surface area contributed by atoms with Crippen molar-refractivity contribution in [1.29, 1.82) is 0 Å². The molecule has 0 aliphatic heterocycles. The van der Waals surface area contributed by atoms with E-state index in [1.54, 1.807) is 16.5 Å². The number of hydrogen-bond acceptors (Lipinski definition) is 5. The molecule has 0 aliphatic rings. The molecule has 0 bridgehead atoms. The van der Waals surface area contributed by atoms with Crippen molar-refractivity contribution in [2.45, 2.75) is 13.8 Å². The third kappa shape index (κ3) is 2.03. The van der Waals surface area contributed by atoms with E-state index in [4.69, 9.17) is 4.74 Å². The van der Waals surface area contributed by atoms with Gasteiger partial charge < -0.3 is 4.74 Å². The molecule has 20 heavy (non-hydrogen) atoms. The van der Waals surface area contributed by atoms with Gasteiger partial charge in [0, 0.05) is 5.69 Å². The van der Waals surface area contributed by atoms with Gasteiger partial charge in [0.2, 0.25) is 0 Å². The maximum Gasteiger partial charge on any atom is 0.275 e. The van der Waals surface area contributed by atoms with E-state index >= 15 is 0 Å². The largest absolute Gasteiger partial charge is 0.497 e. The SMILES string of the molecule is COc1ccc(-n2nnnc2-n2nc(C)cc2C)cc1. The fourth-order valence-corrected chi connectivity index (χ4v) is 2.04. The van der Waals surface area contributed by atoms with Crippen LogP contribution in [0.5, 0.6) is 5.75 Å². The lowest BCUT2D eigenvalue weighted by atomic mass is 10.3. The van der Waals surface area contributed by atoms with Crippen LogP contribution in [0.2, 0.25) is 0 Å². The van der Waals surface area contributed by atoms with Crippen molar-refractivity contribution < 1.29 is 4.74 Å². The number of benzene rings is 1. The van der Waals surface area contributed by atoms with Gasteiger partial charge in [-0.05, 0) is 54.6 Å². The Morgan fingerprint density at radius 3 is 2.40 bits per heavy atom. The summed E-state index contributed by atoms with van der Waals surface area (Å²) in [7, 11) is 1.63. The van der Waals surface area contributed by atoms with Gasteiger partial charge in [-0.3, -0.25) is 0 Å². The highest BCUT2D eigenvalue weighted by Gasteiger charge is 2.13. The number of tetrazole rings is 1. The zero-order chi connectivity index (χ0) is 14.1. The summed E-state index contributed by atoms with van der Waals surface area (Å²) >= 11 is 0. The van der Waals surface area contributed by atoms with Crippen LogP contribution in [-0.2, 0) is 0 Å². The zero-order valence-corrected chi connectivity index (χ0v) is 11.5. The topological polar surface area (TPSA) is 70.7 Å². The molecule has 0 aliphatic carbocycles. The van der Waals surface area contributed by atoms with Gasteiger partial charge in [-0.1, -0.05) is 5.10 Å². The van der Waals surface area contributed by atoms with Crippen LogP contribution < -0.4 is 4.74 Å². The van der Waals surface area contributed by atoms with E-state index in [2.05, 4.69) is 20.6 Å². The first-order chi connectivity index (χ1) is 9.69. The van der Waals surface area contributed by atoms with Gasteiger partial charge >= 0.3 is 0 Å². The molecule has 0 spiro atoms. The molecule has 0 fully saturated rings. The van der Waals surface area contributed by atoms with E-state index < -0.39 is 0 Å². The fraction of sp³-hybridized carbons (Fsp3) is 0.231. The van der Waals surface area contributed by atoms with E-state index in [-0.39, 0.29) is 0 Å². The standard InChI is InChI=1S/C13H14N6O/c1-9-8-10(2)18(15-9)13-14-16-17-19(13)11-4-6-12(20-3)7-5-11/h4-8H,1-3H3. The molecular formula is C13H14N6O. The average Bonchev–Trinajstić information content (AvgIpc) is 3.05. The normalized spacial score (nSPS) is 10.8. The van der Waals surface area contributed by atoms with Crippen molar-refractivity contribution in [3.8, 4) is 17.4 Å². The predicted octanol–water partition coefficient (Wildman–Crippen LogP) is 1.47. The smallest absolute Gasteiger partial charge is 0.275 e. The van der Waals surface area contributed by atoms with Crippen LogP contribution in [0.15, 0.2) is 30.3 Å². The van der Waals surface area contributed by atoms with Gasteiger partial charge in [-0.25, -0.2) is 4.68 Å². The number of aryl methyl sites for hydroxylation is 2. The number of nitrogens with zero attached hydrogens (tertiary/aromatic N) is 6. The van der Waals surface area contributed by atoms with Gasteiger partial charge in [0.05, 0.1) is 18.5 Å². The Balaban J connectivity index is 2.07. The van der Waals surface area contributed by atoms with Crippen LogP contribution in [0.1, 0.15) is 11.4 Å². The van der Waals surface area contributed by atoms with Gasteiger partial charge in [0.1, 0.15) is 5.75 Å². The zero-order valence-electron chi connectivity index (χ0n) is 11.5. The van der Waals surface area contributed by atoms with Crippen LogP contribution in [0, 0.1) is 13.8 Å². The number of ether oxygens (including phenoxy) is 1. The summed E-state index contributed by atoms with van der Waals surface area (Å²) in [5.74, 6) is 1.34. The molecule has 0 saturated carbocycles. The highest BCUT2D eigenvalue weighted by atomic mass is 16.5. The lowest BCUT2D eigenvalue weighted by molar-refractivity contribution is 0.414. The molecule has 2 aromatic heterocycles. The van der Waals surface area contributed by atoms with Crippen LogP contribution in [0.3, 0.4) is 0 Å². The minimum absolute atomic E-state index is 0.556. The van der Waals surface area contributed by atoms with Gasteiger partial charge in [-0.15, -0.1) is 0 Å². The molecule has 102 valence electrons. The van der Waals surface area contributed by atoms with E-state index in [0.717, 1.165) is 22.8 Å². The lowest BCUT2D eigenvalue weighted by Gasteiger charge is -2.06. The molecule has 3 aromatic rings. The Kier molecular flexibility index (Phi) is 2.94. The number of hydrogen-bond donors (Lipinski definition) is 0. The monoisotopic (exact) mass is 270 g/mol. The molecule has 0 unspecified atom stereocenters. The van der Waals surface area contributed by atoms with Crippen molar-refractivity contribution in [2.75, 3.05) is 7.11 Å². The molecular weight excluding hydrogens is 256 g/mol. The second-order valence-electron chi connectivity index (χ2n) is 4.43. The number of rotatable bonds is 3. The molecule has 2 heterocycles. The molecule has 3 rings (SSSR count). The second kappa shape index (κ2) is 4.76. The summed E-state index contributed by atoms with van der Waals surface area (Å²) in [5, 5.41) is 16.2. The first kappa shape index (κ1) is 12.3. The van der Waals surface area contributed by atoms with Gasteiger partial charge in [-0.2, -0.15) is 9.78 Å². The lowest BCUT2D eigenvalue weighted by Crippen LogP contribution is -2.09. The molecule has 7 heteroatoms. The first-order valence-corrected chi connectivity index (χ1v) is 6.15. The van der Waals surface area contributed by atoms with E-state index in [1.165, 1.54) is 0 Å². The quantitative estimate of drug-likeness (QED) is 0.720. The Bertz CT molecular complexity index is 728. The minimum atomic E-state index is 0.556. The summed E-state index contributed by atoms with van der Waals surface area (Å²) in [6.07, 6.45) is 0. The van der Waals surface area contributed by atoms with Crippen molar-refractivity contribution >= 4 is 0 Å². The summed E-state index contributed by atoms with van der Waals surface area (Å²) in [4.78, 5) is 0. The molecule has 1 aromatic carbocycles. The van der Waals surface area contributed by atoms with Gasteiger partial charge in [0.25, 0.3) is 5.95 Å². The molecule has 0 radical (unpaired) electrons. The van der Waals surface area contributed by atoms with Crippen LogP contribution >= 0.6 is 0 Å².